The lowest BCUT2D eigenvalue weighted by molar-refractivity contribution is -0.119. The highest BCUT2D eigenvalue weighted by Gasteiger charge is 2.24. The SMILES string of the molecule is CCOC(=O)c1cc(NC(=O)C[C@H]2OCCc3ccsc32)c[nH]1. The summed E-state index contributed by atoms with van der Waals surface area (Å²) >= 11 is 1.62. The van der Waals surface area contributed by atoms with E-state index in [2.05, 4.69) is 16.4 Å². The standard InChI is InChI=1S/C16H18N2O4S/c1-2-21-16(20)12-7-11(9-17-12)18-14(19)8-13-15-10(3-5-22-13)4-6-23-15/h4,6-7,9,13,17H,2-3,5,8H2,1H3,(H,18,19)/t13-/m1/s1. The molecule has 2 aromatic rings. The van der Waals surface area contributed by atoms with Crippen LogP contribution < -0.4 is 5.32 Å². The normalized spacial score (nSPS) is 16.7. The number of H-pyrrole nitrogens is 1. The van der Waals surface area contributed by atoms with E-state index in [0.29, 0.717) is 24.6 Å². The Balaban J connectivity index is 1.59. The number of anilines is 1. The van der Waals surface area contributed by atoms with Gasteiger partial charge in [-0.25, -0.2) is 4.79 Å². The van der Waals surface area contributed by atoms with Gasteiger partial charge in [0.25, 0.3) is 0 Å². The number of aromatic nitrogens is 1. The molecular formula is C16H18N2O4S. The summed E-state index contributed by atoms with van der Waals surface area (Å²) in [6.45, 7) is 2.69. The molecule has 0 bridgehead atoms. The van der Waals surface area contributed by atoms with E-state index in [9.17, 15) is 9.59 Å². The van der Waals surface area contributed by atoms with Crippen molar-refractivity contribution in [3.63, 3.8) is 0 Å². The smallest absolute Gasteiger partial charge is 0.354 e. The molecule has 0 aromatic carbocycles. The zero-order chi connectivity index (χ0) is 16.2. The molecule has 0 aliphatic carbocycles. The van der Waals surface area contributed by atoms with E-state index in [1.54, 1.807) is 30.5 Å². The Hall–Kier alpha value is -2.12. The summed E-state index contributed by atoms with van der Waals surface area (Å²) in [5.41, 5.74) is 2.13. The molecule has 1 aliphatic rings. The molecule has 0 saturated heterocycles. The van der Waals surface area contributed by atoms with E-state index >= 15 is 0 Å². The van der Waals surface area contributed by atoms with Crippen LogP contribution in [0.25, 0.3) is 0 Å². The average Bonchev–Trinajstić information content (AvgIpc) is 3.16. The van der Waals surface area contributed by atoms with E-state index < -0.39 is 5.97 Å². The first-order valence-corrected chi connectivity index (χ1v) is 8.38. The Labute approximate surface area is 137 Å². The zero-order valence-corrected chi connectivity index (χ0v) is 13.6. The molecule has 1 aliphatic heterocycles. The number of hydrogen-bond donors (Lipinski definition) is 2. The van der Waals surface area contributed by atoms with Gasteiger partial charge in [0.1, 0.15) is 11.8 Å². The van der Waals surface area contributed by atoms with Gasteiger partial charge in [-0.1, -0.05) is 0 Å². The van der Waals surface area contributed by atoms with Crippen LogP contribution in [-0.4, -0.2) is 30.1 Å². The van der Waals surface area contributed by atoms with Crippen molar-refractivity contribution >= 4 is 28.9 Å². The van der Waals surface area contributed by atoms with Crippen molar-refractivity contribution in [3.8, 4) is 0 Å². The van der Waals surface area contributed by atoms with Crippen molar-refractivity contribution in [2.24, 2.45) is 0 Å². The minimum absolute atomic E-state index is 0.148. The van der Waals surface area contributed by atoms with Crippen LogP contribution in [0.2, 0.25) is 0 Å². The highest BCUT2D eigenvalue weighted by molar-refractivity contribution is 7.10. The summed E-state index contributed by atoms with van der Waals surface area (Å²) < 4.78 is 10.6. The summed E-state index contributed by atoms with van der Waals surface area (Å²) in [6, 6.07) is 3.65. The van der Waals surface area contributed by atoms with Gasteiger partial charge in [0, 0.05) is 11.1 Å². The van der Waals surface area contributed by atoms with Gasteiger partial charge in [0.05, 0.1) is 25.3 Å². The molecule has 0 saturated carbocycles. The fraction of sp³-hybridized carbons (Fsp3) is 0.375. The molecule has 122 valence electrons. The number of esters is 1. The van der Waals surface area contributed by atoms with Crippen LogP contribution >= 0.6 is 11.3 Å². The lowest BCUT2D eigenvalue weighted by atomic mass is 10.1. The maximum absolute atomic E-state index is 12.2. The number of amides is 1. The lowest BCUT2D eigenvalue weighted by Crippen LogP contribution is -2.20. The van der Waals surface area contributed by atoms with Crippen LogP contribution in [0, 0.1) is 0 Å². The molecule has 2 aromatic heterocycles. The number of carbonyl (C=O) groups excluding carboxylic acids is 2. The number of aromatic amines is 1. The quantitative estimate of drug-likeness (QED) is 0.824. The second-order valence-electron chi connectivity index (χ2n) is 5.19. The molecule has 0 spiro atoms. The van der Waals surface area contributed by atoms with Crippen molar-refractivity contribution in [1.29, 1.82) is 0 Å². The molecule has 2 N–H and O–H groups in total. The van der Waals surface area contributed by atoms with Crippen LogP contribution in [-0.2, 0) is 20.7 Å². The number of fused-ring (bicyclic) bond motifs is 1. The third-order valence-electron chi connectivity index (χ3n) is 3.60. The summed E-state index contributed by atoms with van der Waals surface area (Å²) in [5.74, 6) is -0.586. The number of hydrogen-bond acceptors (Lipinski definition) is 5. The van der Waals surface area contributed by atoms with Gasteiger partial charge in [-0.3, -0.25) is 4.79 Å². The monoisotopic (exact) mass is 334 g/mol. The molecule has 0 fully saturated rings. The molecular weight excluding hydrogens is 316 g/mol. The molecule has 1 amide bonds. The van der Waals surface area contributed by atoms with Crippen LogP contribution in [0.15, 0.2) is 23.7 Å². The Morgan fingerprint density at radius 2 is 2.39 bits per heavy atom. The molecule has 1 atom stereocenters. The summed E-state index contributed by atoms with van der Waals surface area (Å²) in [7, 11) is 0. The van der Waals surface area contributed by atoms with E-state index in [4.69, 9.17) is 9.47 Å². The van der Waals surface area contributed by atoms with Crippen LogP contribution in [0.3, 0.4) is 0 Å². The minimum atomic E-state index is -0.438. The first-order chi connectivity index (χ1) is 11.2. The van der Waals surface area contributed by atoms with Crippen LogP contribution in [0.1, 0.15) is 40.4 Å². The van der Waals surface area contributed by atoms with Crippen LogP contribution in [0.5, 0.6) is 0 Å². The van der Waals surface area contributed by atoms with Crippen molar-refractivity contribution < 1.29 is 19.1 Å². The van der Waals surface area contributed by atoms with Gasteiger partial charge in [-0.05, 0) is 36.4 Å². The van der Waals surface area contributed by atoms with E-state index in [1.165, 1.54) is 5.56 Å². The highest BCUT2D eigenvalue weighted by Crippen LogP contribution is 2.34. The number of nitrogens with one attached hydrogen (secondary N) is 2. The predicted molar refractivity (Wildman–Crippen MR) is 86.7 cm³/mol. The van der Waals surface area contributed by atoms with Gasteiger partial charge in [0.2, 0.25) is 5.91 Å². The van der Waals surface area contributed by atoms with Gasteiger partial charge in [0.15, 0.2) is 0 Å². The van der Waals surface area contributed by atoms with E-state index in [-0.39, 0.29) is 18.4 Å². The Morgan fingerprint density at radius 1 is 1.52 bits per heavy atom. The van der Waals surface area contributed by atoms with Crippen molar-refractivity contribution in [3.05, 3.63) is 39.8 Å². The Morgan fingerprint density at radius 3 is 3.22 bits per heavy atom. The van der Waals surface area contributed by atoms with Gasteiger partial charge in [-0.2, -0.15) is 0 Å². The first-order valence-electron chi connectivity index (χ1n) is 7.50. The lowest BCUT2D eigenvalue weighted by Gasteiger charge is -2.22. The zero-order valence-electron chi connectivity index (χ0n) is 12.8. The highest BCUT2D eigenvalue weighted by atomic mass is 32.1. The summed E-state index contributed by atoms with van der Waals surface area (Å²) in [6.07, 6.45) is 2.54. The average molecular weight is 334 g/mol. The maximum Gasteiger partial charge on any atom is 0.354 e. The van der Waals surface area contributed by atoms with Gasteiger partial charge in [-0.15, -0.1) is 11.3 Å². The molecule has 7 heteroatoms. The number of thiophene rings is 1. The number of carbonyl (C=O) groups is 2. The summed E-state index contributed by atoms with van der Waals surface area (Å²) in [5, 5.41) is 4.81. The second kappa shape index (κ2) is 6.97. The number of rotatable bonds is 5. The van der Waals surface area contributed by atoms with Gasteiger partial charge >= 0.3 is 5.97 Å². The Bertz CT molecular complexity index is 707. The number of ether oxygens (including phenoxy) is 2. The van der Waals surface area contributed by atoms with Crippen molar-refractivity contribution in [1.82, 2.24) is 4.98 Å². The predicted octanol–water partition coefficient (Wildman–Crippen LogP) is 2.90. The van der Waals surface area contributed by atoms with Gasteiger partial charge < -0.3 is 19.8 Å². The molecule has 23 heavy (non-hydrogen) atoms. The fourth-order valence-corrected chi connectivity index (χ4v) is 3.55. The molecule has 6 nitrogen and oxygen atoms in total. The van der Waals surface area contributed by atoms with E-state index in [1.807, 2.05) is 5.38 Å². The van der Waals surface area contributed by atoms with Crippen LogP contribution in [0.4, 0.5) is 5.69 Å². The van der Waals surface area contributed by atoms with Crippen molar-refractivity contribution in [2.45, 2.75) is 25.9 Å². The van der Waals surface area contributed by atoms with Crippen molar-refractivity contribution in [2.75, 3.05) is 18.5 Å². The molecule has 0 unspecified atom stereocenters. The fourth-order valence-electron chi connectivity index (χ4n) is 2.55. The third-order valence-corrected chi connectivity index (χ3v) is 4.65. The second-order valence-corrected chi connectivity index (χ2v) is 6.14. The summed E-state index contributed by atoms with van der Waals surface area (Å²) in [4.78, 5) is 27.7. The minimum Gasteiger partial charge on any atom is -0.461 e. The molecule has 3 heterocycles. The largest absolute Gasteiger partial charge is 0.461 e. The maximum atomic E-state index is 12.2. The first kappa shape index (κ1) is 15.8. The molecule has 0 radical (unpaired) electrons. The van der Waals surface area contributed by atoms with E-state index in [0.717, 1.165) is 11.3 Å². The third kappa shape index (κ3) is 3.62. The molecule has 3 rings (SSSR count). The Kier molecular flexibility index (Phi) is 4.78. The topological polar surface area (TPSA) is 80.4 Å².